The van der Waals surface area contributed by atoms with Gasteiger partial charge in [-0.3, -0.25) is 4.68 Å². The molecule has 0 aliphatic heterocycles. The fourth-order valence-electron chi connectivity index (χ4n) is 1.71. The Hall–Kier alpha value is -1.55. The third kappa shape index (κ3) is 2.58. The van der Waals surface area contributed by atoms with E-state index in [2.05, 4.69) is 15.4 Å². The quantitative estimate of drug-likeness (QED) is 0.911. The van der Waals surface area contributed by atoms with E-state index in [0.717, 1.165) is 22.9 Å². The van der Waals surface area contributed by atoms with Gasteiger partial charge in [0, 0.05) is 12.7 Å². The van der Waals surface area contributed by atoms with E-state index in [-0.39, 0.29) is 0 Å². The third-order valence-electron chi connectivity index (χ3n) is 2.58. The molecule has 5 heteroatoms. The number of hydrogen-bond donors (Lipinski definition) is 1. The molecule has 0 radical (unpaired) electrons. The predicted octanol–water partition coefficient (Wildman–Crippen LogP) is 2.64. The number of aromatic nitrogens is 3. The topological polar surface area (TPSA) is 42.7 Å². The van der Waals surface area contributed by atoms with Crippen molar-refractivity contribution in [1.82, 2.24) is 14.8 Å². The van der Waals surface area contributed by atoms with E-state index >= 15 is 0 Å². The Morgan fingerprint density at radius 3 is 2.71 bits per heavy atom. The minimum absolute atomic E-state index is 0.591. The third-order valence-corrected chi connectivity index (χ3v) is 2.92. The maximum absolute atomic E-state index is 6.13. The van der Waals surface area contributed by atoms with Crippen molar-refractivity contribution in [3.05, 3.63) is 40.3 Å². The van der Waals surface area contributed by atoms with Crippen LogP contribution in [-0.2, 0) is 6.54 Å². The summed E-state index contributed by atoms with van der Waals surface area (Å²) in [6.45, 7) is 4.59. The zero-order valence-electron chi connectivity index (χ0n) is 10.2. The van der Waals surface area contributed by atoms with Crippen LogP contribution in [-0.4, -0.2) is 21.8 Å². The van der Waals surface area contributed by atoms with Crippen molar-refractivity contribution in [3.8, 4) is 0 Å². The van der Waals surface area contributed by atoms with Crippen LogP contribution >= 0.6 is 11.6 Å². The first-order chi connectivity index (χ1) is 8.10. The summed E-state index contributed by atoms with van der Waals surface area (Å²) in [6, 6.07) is 5.74. The highest BCUT2D eigenvalue weighted by molar-refractivity contribution is 6.31. The first-order valence-corrected chi connectivity index (χ1v) is 5.82. The summed E-state index contributed by atoms with van der Waals surface area (Å²) in [5.74, 6) is 0.811. The second-order valence-electron chi connectivity index (χ2n) is 3.96. The smallest absolute Gasteiger partial charge is 0.126 e. The summed E-state index contributed by atoms with van der Waals surface area (Å²) in [4.78, 5) is 4.43. The van der Waals surface area contributed by atoms with Gasteiger partial charge in [0.15, 0.2) is 0 Å². The van der Waals surface area contributed by atoms with E-state index in [0.29, 0.717) is 11.6 Å². The molecule has 0 spiro atoms. The molecule has 0 saturated heterocycles. The lowest BCUT2D eigenvalue weighted by Crippen LogP contribution is -2.07. The van der Waals surface area contributed by atoms with E-state index in [1.165, 1.54) is 0 Å². The first kappa shape index (κ1) is 11.9. The standard InChI is InChI=1S/C12H15ClN4/c1-8-6-9(2)17(16-8)7-11-10(13)4-5-12(14-3)15-11/h4-6H,7H2,1-3H3,(H,14,15). The van der Waals surface area contributed by atoms with Crippen molar-refractivity contribution in [3.63, 3.8) is 0 Å². The Bertz CT molecular complexity index is 533. The molecule has 2 heterocycles. The molecule has 1 N–H and O–H groups in total. The van der Waals surface area contributed by atoms with Crippen molar-refractivity contribution in [2.24, 2.45) is 0 Å². The van der Waals surface area contributed by atoms with Gasteiger partial charge in [0.05, 0.1) is 23.0 Å². The van der Waals surface area contributed by atoms with Gasteiger partial charge in [-0.15, -0.1) is 0 Å². The Morgan fingerprint density at radius 1 is 1.35 bits per heavy atom. The van der Waals surface area contributed by atoms with Gasteiger partial charge in [-0.25, -0.2) is 4.98 Å². The second-order valence-corrected chi connectivity index (χ2v) is 4.37. The molecule has 0 fully saturated rings. The van der Waals surface area contributed by atoms with Crippen LogP contribution in [0.15, 0.2) is 18.2 Å². The van der Waals surface area contributed by atoms with E-state index in [1.807, 2.05) is 43.8 Å². The predicted molar refractivity (Wildman–Crippen MR) is 69.6 cm³/mol. The van der Waals surface area contributed by atoms with Crippen LogP contribution in [0.25, 0.3) is 0 Å². The number of halogens is 1. The summed E-state index contributed by atoms with van der Waals surface area (Å²) in [5, 5.41) is 8.06. The number of pyridine rings is 1. The Balaban J connectivity index is 2.32. The van der Waals surface area contributed by atoms with Crippen molar-refractivity contribution in [1.29, 1.82) is 0 Å². The Kier molecular flexibility index (Phi) is 3.33. The first-order valence-electron chi connectivity index (χ1n) is 5.44. The molecule has 0 atom stereocenters. The number of rotatable bonds is 3. The molecule has 0 unspecified atom stereocenters. The molecule has 0 aromatic carbocycles. The van der Waals surface area contributed by atoms with Crippen LogP contribution < -0.4 is 5.32 Å². The van der Waals surface area contributed by atoms with Gasteiger partial charge in [-0.2, -0.15) is 5.10 Å². The molecular weight excluding hydrogens is 236 g/mol. The minimum atomic E-state index is 0.591. The molecule has 17 heavy (non-hydrogen) atoms. The van der Waals surface area contributed by atoms with Crippen molar-refractivity contribution < 1.29 is 0 Å². The van der Waals surface area contributed by atoms with E-state index in [4.69, 9.17) is 11.6 Å². The summed E-state index contributed by atoms with van der Waals surface area (Å²) in [7, 11) is 1.84. The summed E-state index contributed by atoms with van der Waals surface area (Å²) in [6.07, 6.45) is 0. The highest BCUT2D eigenvalue weighted by atomic mass is 35.5. The molecule has 0 saturated carbocycles. The average molecular weight is 251 g/mol. The van der Waals surface area contributed by atoms with E-state index in [1.54, 1.807) is 0 Å². The van der Waals surface area contributed by atoms with Gasteiger partial charge in [-0.05, 0) is 32.0 Å². The molecule has 2 aromatic heterocycles. The van der Waals surface area contributed by atoms with Gasteiger partial charge in [0.1, 0.15) is 5.82 Å². The molecule has 2 rings (SSSR count). The number of anilines is 1. The maximum atomic E-state index is 6.13. The van der Waals surface area contributed by atoms with E-state index in [9.17, 15) is 0 Å². The second kappa shape index (κ2) is 4.75. The van der Waals surface area contributed by atoms with E-state index < -0.39 is 0 Å². The van der Waals surface area contributed by atoms with Gasteiger partial charge >= 0.3 is 0 Å². The van der Waals surface area contributed by atoms with Crippen LogP contribution in [0.2, 0.25) is 5.02 Å². The fraction of sp³-hybridized carbons (Fsp3) is 0.333. The van der Waals surface area contributed by atoms with Crippen molar-refractivity contribution in [2.75, 3.05) is 12.4 Å². The van der Waals surface area contributed by atoms with Gasteiger partial charge in [-0.1, -0.05) is 11.6 Å². The van der Waals surface area contributed by atoms with Crippen molar-refractivity contribution >= 4 is 17.4 Å². The van der Waals surface area contributed by atoms with Crippen LogP contribution in [0.3, 0.4) is 0 Å². The number of hydrogen-bond acceptors (Lipinski definition) is 3. The lowest BCUT2D eigenvalue weighted by Gasteiger charge is -2.08. The van der Waals surface area contributed by atoms with Crippen LogP contribution in [0.5, 0.6) is 0 Å². The Labute approximate surface area is 106 Å². The molecule has 0 aliphatic rings. The molecule has 2 aromatic rings. The summed E-state index contributed by atoms with van der Waals surface area (Å²) < 4.78 is 1.91. The largest absolute Gasteiger partial charge is 0.373 e. The molecule has 4 nitrogen and oxygen atoms in total. The minimum Gasteiger partial charge on any atom is -0.373 e. The average Bonchev–Trinajstić information content (AvgIpc) is 2.60. The zero-order chi connectivity index (χ0) is 12.4. The Morgan fingerprint density at radius 2 is 2.12 bits per heavy atom. The highest BCUT2D eigenvalue weighted by Crippen LogP contribution is 2.18. The molecule has 0 aliphatic carbocycles. The van der Waals surface area contributed by atoms with Crippen LogP contribution in [0.4, 0.5) is 5.82 Å². The lowest BCUT2D eigenvalue weighted by molar-refractivity contribution is 0.647. The van der Waals surface area contributed by atoms with Gasteiger partial charge in [0.2, 0.25) is 0 Å². The molecular formula is C12H15ClN4. The summed E-state index contributed by atoms with van der Waals surface area (Å²) in [5.41, 5.74) is 2.93. The number of nitrogens with one attached hydrogen (secondary N) is 1. The highest BCUT2D eigenvalue weighted by Gasteiger charge is 2.07. The van der Waals surface area contributed by atoms with Crippen LogP contribution in [0.1, 0.15) is 17.1 Å². The SMILES string of the molecule is CNc1ccc(Cl)c(Cn2nc(C)cc2C)n1. The molecule has 0 amide bonds. The maximum Gasteiger partial charge on any atom is 0.126 e. The molecule has 0 bridgehead atoms. The van der Waals surface area contributed by atoms with Gasteiger partial charge in [0.25, 0.3) is 0 Å². The number of nitrogens with zero attached hydrogens (tertiary/aromatic N) is 3. The number of aryl methyl sites for hydroxylation is 2. The summed E-state index contributed by atoms with van der Waals surface area (Å²) >= 11 is 6.13. The molecule has 90 valence electrons. The zero-order valence-corrected chi connectivity index (χ0v) is 10.9. The normalized spacial score (nSPS) is 10.6. The fourth-order valence-corrected chi connectivity index (χ4v) is 1.88. The lowest BCUT2D eigenvalue weighted by atomic mass is 10.3. The monoisotopic (exact) mass is 250 g/mol. The van der Waals surface area contributed by atoms with Gasteiger partial charge < -0.3 is 5.32 Å². The van der Waals surface area contributed by atoms with Crippen molar-refractivity contribution in [2.45, 2.75) is 20.4 Å². The van der Waals surface area contributed by atoms with Crippen LogP contribution in [0, 0.1) is 13.8 Å².